The molecule has 104 valence electrons. The van der Waals surface area contributed by atoms with Gasteiger partial charge in [0.25, 0.3) is 0 Å². The van der Waals surface area contributed by atoms with E-state index < -0.39 is 5.79 Å². The highest BCUT2D eigenvalue weighted by Crippen LogP contribution is 2.37. The van der Waals surface area contributed by atoms with E-state index in [9.17, 15) is 4.79 Å². The molecule has 5 heteroatoms. The smallest absolute Gasteiger partial charge is 0.217 e. The molecule has 0 aromatic carbocycles. The number of nitrogens with two attached hydrogens (primary N) is 1. The Bertz CT molecular complexity index is 301. The molecule has 0 radical (unpaired) electrons. The maximum atomic E-state index is 11.0. The van der Waals surface area contributed by atoms with Gasteiger partial charge in [-0.3, -0.25) is 4.79 Å². The summed E-state index contributed by atoms with van der Waals surface area (Å²) in [6.07, 6.45) is 4.33. The number of hydrogen-bond donors (Lipinski definition) is 2. The van der Waals surface area contributed by atoms with Gasteiger partial charge in [-0.25, -0.2) is 0 Å². The summed E-state index contributed by atoms with van der Waals surface area (Å²) in [6.45, 7) is 4.74. The first-order valence-corrected chi connectivity index (χ1v) is 6.81. The molecule has 3 N–H and O–H groups in total. The zero-order chi connectivity index (χ0) is 13.2. The second-order valence-electron chi connectivity index (χ2n) is 5.68. The maximum absolute atomic E-state index is 11.0. The molecule has 1 saturated carbocycles. The van der Waals surface area contributed by atoms with Gasteiger partial charge in [-0.05, 0) is 19.3 Å². The minimum absolute atomic E-state index is 0.0355. The van der Waals surface area contributed by atoms with Crippen molar-refractivity contribution in [2.24, 2.45) is 5.73 Å². The van der Waals surface area contributed by atoms with Crippen molar-refractivity contribution in [3.8, 4) is 0 Å². The van der Waals surface area contributed by atoms with Gasteiger partial charge in [-0.1, -0.05) is 6.92 Å². The lowest BCUT2D eigenvalue weighted by atomic mass is 9.88. The Kier molecular flexibility index (Phi) is 3.94. The van der Waals surface area contributed by atoms with E-state index in [2.05, 4.69) is 12.2 Å². The highest BCUT2D eigenvalue weighted by atomic mass is 16.7. The minimum atomic E-state index is -0.451. The van der Waals surface area contributed by atoms with Crippen LogP contribution in [0.25, 0.3) is 0 Å². The summed E-state index contributed by atoms with van der Waals surface area (Å²) >= 11 is 0. The third-order valence-electron chi connectivity index (χ3n) is 4.10. The predicted octanol–water partition coefficient (Wildman–Crippen LogP) is 0.916. The van der Waals surface area contributed by atoms with E-state index in [1.54, 1.807) is 6.92 Å². The maximum Gasteiger partial charge on any atom is 0.217 e. The minimum Gasteiger partial charge on any atom is -0.354 e. The Morgan fingerprint density at radius 1 is 1.33 bits per heavy atom. The third kappa shape index (κ3) is 3.02. The van der Waals surface area contributed by atoms with E-state index in [0.29, 0.717) is 13.2 Å². The first-order chi connectivity index (χ1) is 8.47. The van der Waals surface area contributed by atoms with Crippen molar-refractivity contribution >= 4 is 5.91 Å². The first kappa shape index (κ1) is 13.8. The second kappa shape index (κ2) is 5.15. The molecule has 2 rings (SSSR count). The van der Waals surface area contributed by atoms with E-state index >= 15 is 0 Å². The van der Waals surface area contributed by atoms with Crippen molar-refractivity contribution in [1.82, 2.24) is 5.32 Å². The average molecular weight is 256 g/mol. The van der Waals surface area contributed by atoms with Crippen LogP contribution >= 0.6 is 0 Å². The van der Waals surface area contributed by atoms with Gasteiger partial charge in [0.15, 0.2) is 5.79 Å². The third-order valence-corrected chi connectivity index (χ3v) is 4.10. The van der Waals surface area contributed by atoms with Crippen LogP contribution in [-0.2, 0) is 14.3 Å². The molecule has 1 heterocycles. The summed E-state index contributed by atoms with van der Waals surface area (Å²) in [7, 11) is 0. The van der Waals surface area contributed by atoms with Crippen LogP contribution in [0.3, 0.4) is 0 Å². The lowest BCUT2D eigenvalue weighted by Gasteiger charge is -2.47. The predicted molar refractivity (Wildman–Crippen MR) is 67.9 cm³/mol. The summed E-state index contributed by atoms with van der Waals surface area (Å²) in [5.41, 5.74) is 5.80. The SMILES string of the molecule is CCC1(N)COC2(CCC(NC(C)=O)CC2)OC1. The van der Waals surface area contributed by atoms with Gasteiger partial charge in [-0.15, -0.1) is 0 Å². The molecular weight excluding hydrogens is 232 g/mol. The van der Waals surface area contributed by atoms with Gasteiger partial charge >= 0.3 is 0 Å². The largest absolute Gasteiger partial charge is 0.354 e. The van der Waals surface area contributed by atoms with Crippen molar-refractivity contribution in [1.29, 1.82) is 0 Å². The van der Waals surface area contributed by atoms with Crippen LogP contribution in [0.2, 0.25) is 0 Å². The lowest BCUT2D eigenvalue weighted by Crippen LogP contribution is -2.59. The molecule has 0 atom stereocenters. The van der Waals surface area contributed by atoms with Gasteiger partial charge in [0.05, 0.1) is 18.8 Å². The molecule has 1 aliphatic carbocycles. The van der Waals surface area contributed by atoms with E-state index in [4.69, 9.17) is 15.2 Å². The van der Waals surface area contributed by atoms with Crippen LogP contribution in [0.5, 0.6) is 0 Å². The fraction of sp³-hybridized carbons (Fsp3) is 0.923. The Balaban J connectivity index is 1.84. The van der Waals surface area contributed by atoms with Gasteiger partial charge < -0.3 is 20.5 Å². The zero-order valence-electron chi connectivity index (χ0n) is 11.3. The van der Waals surface area contributed by atoms with Crippen LogP contribution in [-0.4, -0.2) is 36.5 Å². The molecule has 1 saturated heterocycles. The summed E-state index contributed by atoms with van der Waals surface area (Å²) < 4.78 is 11.8. The molecule has 0 aromatic rings. The Morgan fingerprint density at radius 3 is 2.33 bits per heavy atom. The first-order valence-electron chi connectivity index (χ1n) is 6.81. The Labute approximate surface area is 108 Å². The summed E-state index contributed by atoms with van der Waals surface area (Å²) in [5, 5.41) is 2.96. The van der Waals surface area contributed by atoms with E-state index in [-0.39, 0.29) is 17.5 Å². The molecule has 5 nitrogen and oxygen atoms in total. The van der Waals surface area contributed by atoms with Gasteiger partial charge in [0.1, 0.15) is 0 Å². The number of hydrogen-bond acceptors (Lipinski definition) is 4. The normalized spacial score (nSPS) is 40.7. The van der Waals surface area contributed by atoms with Crippen LogP contribution in [0, 0.1) is 0 Å². The van der Waals surface area contributed by atoms with Crippen molar-refractivity contribution in [3.63, 3.8) is 0 Å². The monoisotopic (exact) mass is 256 g/mol. The van der Waals surface area contributed by atoms with E-state index in [1.165, 1.54) is 0 Å². The second-order valence-corrected chi connectivity index (χ2v) is 5.68. The number of nitrogens with one attached hydrogen (secondary N) is 1. The number of rotatable bonds is 2. The molecule has 1 spiro atoms. The number of ether oxygens (including phenoxy) is 2. The molecule has 2 fully saturated rings. The van der Waals surface area contributed by atoms with Gasteiger partial charge in [0, 0.05) is 25.8 Å². The molecule has 0 bridgehead atoms. The highest BCUT2D eigenvalue weighted by molar-refractivity contribution is 5.73. The molecule has 1 amide bonds. The number of carbonyl (C=O) groups is 1. The van der Waals surface area contributed by atoms with Crippen LogP contribution in [0.15, 0.2) is 0 Å². The molecule has 0 unspecified atom stereocenters. The molecular formula is C13H24N2O3. The molecule has 18 heavy (non-hydrogen) atoms. The quantitative estimate of drug-likeness (QED) is 0.770. The molecule has 2 aliphatic rings. The standard InChI is InChI=1S/C13H24N2O3/c1-3-12(14)8-17-13(18-9-12)6-4-11(5-7-13)15-10(2)16/h11H,3-9,14H2,1-2H3,(H,15,16). The van der Waals surface area contributed by atoms with Crippen molar-refractivity contribution < 1.29 is 14.3 Å². The van der Waals surface area contributed by atoms with Crippen molar-refractivity contribution in [2.75, 3.05) is 13.2 Å². The van der Waals surface area contributed by atoms with Crippen molar-refractivity contribution in [2.45, 2.75) is 63.3 Å². The van der Waals surface area contributed by atoms with Crippen LogP contribution in [0.1, 0.15) is 46.0 Å². The lowest BCUT2D eigenvalue weighted by molar-refractivity contribution is -0.300. The summed E-state index contributed by atoms with van der Waals surface area (Å²) in [4.78, 5) is 11.0. The van der Waals surface area contributed by atoms with E-state index in [0.717, 1.165) is 32.1 Å². The highest BCUT2D eigenvalue weighted by Gasteiger charge is 2.44. The fourth-order valence-electron chi connectivity index (χ4n) is 2.62. The van der Waals surface area contributed by atoms with Gasteiger partial charge in [-0.2, -0.15) is 0 Å². The fourth-order valence-corrected chi connectivity index (χ4v) is 2.62. The number of amides is 1. The van der Waals surface area contributed by atoms with E-state index in [1.807, 2.05) is 0 Å². The Hall–Kier alpha value is -0.650. The van der Waals surface area contributed by atoms with Crippen molar-refractivity contribution in [3.05, 3.63) is 0 Å². The molecule has 0 aromatic heterocycles. The summed E-state index contributed by atoms with van der Waals surface area (Å²) in [6, 6.07) is 0.260. The topological polar surface area (TPSA) is 73.6 Å². The zero-order valence-corrected chi connectivity index (χ0v) is 11.3. The summed E-state index contributed by atoms with van der Waals surface area (Å²) in [5.74, 6) is -0.416. The Morgan fingerprint density at radius 2 is 1.89 bits per heavy atom. The van der Waals surface area contributed by atoms with Crippen LogP contribution < -0.4 is 11.1 Å². The average Bonchev–Trinajstić information content (AvgIpc) is 2.36. The van der Waals surface area contributed by atoms with Crippen LogP contribution in [0.4, 0.5) is 0 Å². The number of carbonyl (C=O) groups excluding carboxylic acids is 1. The molecule has 1 aliphatic heterocycles. The van der Waals surface area contributed by atoms with Gasteiger partial charge in [0.2, 0.25) is 5.91 Å².